The fourth-order valence-electron chi connectivity index (χ4n) is 2.31. The second-order valence-electron chi connectivity index (χ2n) is 4.67. The monoisotopic (exact) mass is 282 g/mol. The SMILES string of the molecule is CCc1cc(/C=C2/C(=O)C=Cc3ccccc32)c(O)s1. The highest BCUT2D eigenvalue weighted by atomic mass is 32.1. The van der Waals surface area contributed by atoms with Gasteiger partial charge in [0.05, 0.1) is 0 Å². The summed E-state index contributed by atoms with van der Waals surface area (Å²) in [5.74, 6) is -0.0210. The van der Waals surface area contributed by atoms with Gasteiger partial charge in [0.1, 0.15) is 0 Å². The minimum Gasteiger partial charge on any atom is -0.499 e. The Labute approximate surface area is 121 Å². The molecule has 0 unspecified atom stereocenters. The molecule has 0 amide bonds. The summed E-state index contributed by atoms with van der Waals surface area (Å²) in [4.78, 5) is 13.2. The molecule has 0 spiro atoms. The van der Waals surface area contributed by atoms with Gasteiger partial charge in [0, 0.05) is 16.0 Å². The lowest BCUT2D eigenvalue weighted by atomic mass is 9.90. The summed E-state index contributed by atoms with van der Waals surface area (Å²) < 4.78 is 0. The van der Waals surface area contributed by atoms with Gasteiger partial charge < -0.3 is 5.11 Å². The first-order chi connectivity index (χ1) is 9.69. The van der Waals surface area contributed by atoms with Gasteiger partial charge in [-0.25, -0.2) is 0 Å². The number of aromatic hydroxyl groups is 1. The number of thiophene rings is 1. The van der Waals surface area contributed by atoms with Crippen molar-refractivity contribution in [1.82, 2.24) is 0 Å². The molecular formula is C17H14O2S. The lowest BCUT2D eigenvalue weighted by Crippen LogP contribution is -2.04. The van der Waals surface area contributed by atoms with Crippen LogP contribution in [0.15, 0.2) is 36.4 Å². The zero-order valence-corrected chi connectivity index (χ0v) is 11.9. The van der Waals surface area contributed by atoms with Crippen LogP contribution in [0.3, 0.4) is 0 Å². The van der Waals surface area contributed by atoms with Crippen LogP contribution in [-0.2, 0) is 11.2 Å². The first kappa shape index (κ1) is 12.9. The van der Waals surface area contributed by atoms with E-state index in [2.05, 4.69) is 0 Å². The highest BCUT2D eigenvalue weighted by Gasteiger charge is 2.17. The molecule has 1 N–H and O–H groups in total. The van der Waals surface area contributed by atoms with E-state index in [1.165, 1.54) is 11.3 Å². The van der Waals surface area contributed by atoms with Crippen molar-refractivity contribution in [3.63, 3.8) is 0 Å². The largest absolute Gasteiger partial charge is 0.499 e. The highest BCUT2D eigenvalue weighted by Crippen LogP contribution is 2.35. The van der Waals surface area contributed by atoms with Gasteiger partial charge in [-0.15, -0.1) is 11.3 Å². The third kappa shape index (κ3) is 2.21. The lowest BCUT2D eigenvalue weighted by Gasteiger charge is -2.12. The Balaban J connectivity index is 2.12. The summed E-state index contributed by atoms with van der Waals surface area (Å²) in [5.41, 5.74) is 3.31. The molecule has 1 aromatic carbocycles. The van der Waals surface area contributed by atoms with Gasteiger partial charge in [0.15, 0.2) is 10.8 Å². The van der Waals surface area contributed by atoms with Crippen LogP contribution in [0.2, 0.25) is 0 Å². The maximum atomic E-state index is 12.1. The van der Waals surface area contributed by atoms with Crippen LogP contribution in [0.4, 0.5) is 0 Å². The van der Waals surface area contributed by atoms with Gasteiger partial charge in [-0.05, 0) is 35.8 Å². The molecule has 0 aliphatic heterocycles. The molecule has 2 aromatic rings. The van der Waals surface area contributed by atoms with E-state index in [0.29, 0.717) is 5.57 Å². The zero-order chi connectivity index (χ0) is 14.1. The lowest BCUT2D eigenvalue weighted by molar-refractivity contribution is -0.109. The molecule has 1 aliphatic rings. The van der Waals surface area contributed by atoms with Gasteiger partial charge >= 0.3 is 0 Å². The maximum absolute atomic E-state index is 12.1. The molecule has 1 heterocycles. The van der Waals surface area contributed by atoms with Crippen molar-refractivity contribution in [1.29, 1.82) is 0 Å². The average molecular weight is 282 g/mol. The normalized spacial score (nSPS) is 15.7. The van der Waals surface area contributed by atoms with Crippen LogP contribution >= 0.6 is 11.3 Å². The van der Waals surface area contributed by atoms with E-state index in [4.69, 9.17) is 0 Å². The topological polar surface area (TPSA) is 37.3 Å². The molecule has 0 saturated carbocycles. The number of hydrogen-bond donors (Lipinski definition) is 1. The number of aryl methyl sites for hydroxylation is 1. The second kappa shape index (κ2) is 5.10. The van der Waals surface area contributed by atoms with E-state index in [1.807, 2.05) is 43.3 Å². The first-order valence-electron chi connectivity index (χ1n) is 6.54. The summed E-state index contributed by atoms with van der Waals surface area (Å²) in [6.45, 7) is 2.05. The Bertz CT molecular complexity index is 735. The van der Waals surface area contributed by atoms with Crippen molar-refractivity contribution >= 4 is 34.8 Å². The van der Waals surface area contributed by atoms with Crippen molar-refractivity contribution in [3.05, 3.63) is 58.0 Å². The van der Waals surface area contributed by atoms with Crippen molar-refractivity contribution in [2.75, 3.05) is 0 Å². The Morgan fingerprint density at radius 2 is 2.05 bits per heavy atom. The molecule has 100 valence electrons. The molecule has 20 heavy (non-hydrogen) atoms. The molecule has 1 aliphatic carbocycles. The van der Waals surface area contributed by atoms with E-state index < -0.39 is 0 Å². The van der Waals surface area contributed by atoms with Gasteiger partial charge in [0.25, 0.3) is 0 Å². The molecule has 0 saturated heterocycles. The van der Waals surface area contributed by atoms with Crippen LogP contribution in [0.5, 0.6) is 5.06 Å². The Hall–Kier alpha value is -2.13. The van der Waals surface area contributed by atoms with Crippen molar-refractivity contribution in [2.24, 2.45) is 0 Å². The smallest absolute Gasteiger partial charge is 0.186 e. The van der Waals surface area contributed by atoms with Gasteiger partial charge in [0.2, 0.25) is 0 Å². The summed E-state index contributed by atoms with van der Waals surface area (Å²) in [6, 6.07) is 9.74. The predicted octanol–water partition coefficient (Wildman–Crippen LogP) is 4.15. The van der Waals surface area contributed by atoms with E-state index in [0.717, 1.165) is 28.0 Å². The molecule has 2 nitrogen and oxygen atoms in total. The van der Waals surface area contributed by atoms with Crippen LogP contribution in [0, 0.1) is 0 Å². The summed E-state index contributed by atoms with van der Waals surface area (Å²) >= 11 is 1.37. The van der Waals surface area contributed by atoms with Gasteiger partial charge in [-0.3, -0.25) is 4.79 Å². The molecular weight excluding hydrogens is 268 g/mol. The summed E-state index contributed by atoms with van der Waals surface area (Å²) in [6.07, 6.45) is 6.08. The number of hydrogen-bond acceptors (Lipinski definition) is 3. The van der Waals surface area contributed by atoms with E-state index >= 15 is 0 Å². The van der Waals surface area contributed by atoms with E-state index in [1.54, 1.807) is 12.2 Å². The van der Waals surface area contributed by atoms with Crippen LogP contribution in [0.25, 0.3) is 17.7 Å². The van der Waals surface area contributed by atoms with Crippen molar-refractivity contribution in [2.45, 2.75) is 13.3 Å². The van der Waals surface area contributed by atoms with Crippen LogP contribution < -0.4 is 0 Å². The number of carbonyl (C=O) groups excluding carboxylic acids is 1. The Morgan fingerprint density at radius 1 is 1.25 bits per heavy atom. The third-order valence-electron chi connectivity index (χ3n) is 3.37. The van der Waals surface area contributed by atoms with Gasteiger partial charge in [-0.2, -0.15) is 0 Å². The molecule has 3 rings (SSSR count). The molecule has 0 bridgehead atoms. The van der Waals surface area contributed by atoms with Crippen molar-refractivity contribution in [3.8, 4) is 5.06 Å². The van der Waals surface area contributed by atoms with Crippen molar-refractivity contribution < 1.29 is 9.90 Å². The second-order valence-corrected chi connectivity index (χ2v) is 5.78. The van der Waals surface area contributed by atoms with E-state index in [-0.39, 0.29) is 10.8 Å². The van der Waals surface area contributed by atoms with Crippen LogP contribution in [-0.4, -0.2) is 10.9 Å². The highest BCUT2D eigenvalue weighted by molar-refractivity contribution is 7.14. The number of rotatable bonds is 2. The number of carbonyl (C=O) groups is 1. The molecule has 0 fully saturated rings. The number of benzene rings is 1. The minimum atomic E-state index is -0.0210. The fraction of sp³-hybridized carbons (Fsp3) is 0.118. The van der Waals surface area contributed by atoms with E-state index in [9.17, 15) is 9.90 Å². The zero-order valence-electron chi connectivity index (χ0n) is 11.1. The quantitative estimate of drug-likeness (QED) is 0.840. The standard InChI is InChI=1S/C17H14O2S/c1-2-13-9-12(17(19)20-13)10-15-14-6-4-3-5-11(14)7-8-16(15)18/h3-10,19H,2H2,1H3/b15-10+. The predicted molar refractivity (Wildman–Crippen MR) is 83.7 cm³/mol. The fourth-order valence-corrected chi connectivity index (χ4v) is 3.12. The summed E-state index contributed by atoms with van der Waals surface area (Å²) in [7, 11) is 0. The minimum absolute atomic E-state index is 0.0210. The molecule has 1 aromatic heterocycles. The first-order valence-corrected chi connectivity index (χ1v) is 7.36. The number of fused-ring (bicyclic) bond motifs is 1. The van der Waals surface area contributed by atoms with Crippen LogP contribution in [0.1, 0.15) is 28.5 Å². The van der Waals surface area contributed by atoms with Gasteiger partial charge in [-0.1, -0.05) is 37.3 Å². The average Bonchev–Trinajstić information content (AvgIpc) is 2.82. The molecule has 0 radical (unpaired) electrons. The number of ketones is 1. The maximum Gasteiger partial charge on any atom is 0.186 e. The number of allylic oxidation sites excluding steroid dienone is 2. The molecule has 3 heteroatoms. The third-order valence-corrected chi connectivity index (χ3v) is 4.47. The molecule has 0 atom stereocenters. The summed E-state index contributed by atoms with van der Waals surface area (Å²) in [5, 5.41) is 10.2. The Morgan fingerprint density at radius 3 is 2.80 bits per heavy atom. The Kier molecular flexibility index (Phi) is 3.28.